The van der Waals surface area contributed by atoms with Gasteiger partial charge in [0, 0.05) is 23.2 Å². The first kappa shape index (κ1) is 9.85. The summed E-state index contributed by atoms with van der Waals surface area (Å²) in [7, 11) is 0. The molecule has 1 nitrogen and oxygen atoms in total. The standard InChI is InChI=1S/C12H16ClN/c1-12(2,3)10-7-14-11-5-4-8(13)6-9(10)11/h4-6,10,14H,7H2,1-3H3. The van der Waals surface area contributed by atoms with Gasteiger partial charge in [0.15, 0.2) is 0 Å². The lowest BCUT2D eigenvalue weighted by molar-refractivity contribution is 0.339. The zero-order chi connectivity index (χ0) is 10.3. The number of benzene rings is 1. The Morgan fingerprint density at radius 2 is 2.07 bits per heavy atom. The molecular formula is C12H16ClN. The van der Waals surface area contributed by atoms with Crippen molar-refractivity contribution in [2.75, 3.05) is 11.9 Å². The molecule has 0 bridgehead atoms. The molecule has 0 amide bonds. The first-order valence-corrected chi connectivity index (χ1v) is 5.39. The van der Waals surface area contributed by atoms with Crippen LogP contribution in [0.1, 0.15) is 32.3 Å². The molecule has 1 atom stereocenters. The number of hydrogen-bond donors (Lipinski definition) is 1. The number of hydrogen-bond acceptors (Lipinski definition) is 1. The van der Waals surface area contributed by atoms with E-state index in [-0.39, 0.29) is 0 Å². The molecule has 1 aromatic rings. The Morgan fingerprint density at radius 1 is 1.36 bits per heavy atom. The van der Waals surface area contributed by atoms with Crippen molar-refractivity contribution in [2.45, 2.75) is 26.7 Å². The topological polar surface area (TPSA) is 12.0 Å². The van der Waals surface area contributed by atoms with Crippen LogP contribution in [-0.2, 0) is 0 Å². The van der Waals surface area contributed by atoms with Gasteiger partial charge in [0.05, 0.1) is 0 Å². The second kappa shape index (κ2) is 3.16. The predicted octanol–water partition coefficient (Wildman–Crippen LogP) is 3.90. The minimum Gasteiger partial charge on any atom is -0.384 e. The van der Waals surface area contributed by atoms with Crippen LogP contribution in [0.3, 0.4) is 0 Å². The van der Waals surface area contributed by atoms with Gasteiger partial charge in [0.2, 0.25) is 0 Å². The summed E-state index contributed by atoms with van der Waals surface area (Å²) in [6.07, 6.45) is 0. The van der Waals surface area contributed by atoms with Gasteiger partial charge in [0.25, 0.3) is 0 Å². The molecule has 0 aliphatic carbocycles. The molecule has 0 saturated carbocycles. The number of halogens is 1. The fourth-order valence-electron chi connectivity index (χ4n) is 2.08. The Hall–Kier alpha value is -0.690. The summed E-state index contributed by atoms with van der Waals surface area (Å²) in [5, 5.41) is 4.26. The van der Waals surface area contributed by atoms with E-state index in [2.05, 4.69) is 38.2 Å². The SMILES string of the molecule is CC(C)(C)C1CNc2ccc(Cl)cc21. The van der Waals surface area contributed by atoms with Crippen LogP contribution < -0.4 is 5.32 Å². The van der Waals surface area contributed by atoms with Crippen LogP contribution in [0.25, 0.3) is 0 Å². The van der Waals surface area contributed by atoms with Crippen molar-refractivity contribution in [1.29, 1.82) is 0 Å². The zero-order valence-electron chi connectivity index (χ0n) is 8.89. The van der Waals surface area contributed by atoms with Gasteiger partial charge in [-0.25, -0.2) is 0 Å². The highest BCUT2D eigenvalue weighted by Gasteiger charge is 2.32. The minimum absolute atomic E-state index is 0.295. The monoisotopic (exact) mass is 209 g/mol. The number of rotatable bonds is 0. The molecule has 1 aliphatic heterocycles. The van der Waals surface area contributed by atoms with Crippen LogP contribution in [0.5, 0.6) is 0 Å². The Bertz CT molecular complexity index is 352. The molecular weight excluding hydrogens is 194 g/mol. The second-order valence-electron chi connectivity index (χ2n) is 5.03. The molecule has 1 aromatic carbocycles. The van der Waals surface area contributed by atoms with Crippen molar-refractivity contribution in [3.63, 3.8) is 0 Å². The molecule has 14 heavy (non-hydrogen) atoms. The normalized spacial score (nSPS) is 20.4. The Balaban J connectivity index is 2.43. The second-order valence-corrected chi connectivity index (χ2v) is 5.47. The van der Waals surface area contributed by atoms with Gasteiger partial charge in [0.1, 0.15) is 0 Å². The molecule has 0 radical (unpaired) electrons. The van der Waals surface area contributed by atoms with E-state index in [0.29, 0.717) is 11.3 Å². The summed E-state index contributed by atoms with van der Waals surface area (Å²) in [5.74, 6) is 0.566. The summed E-state index contributed by atoms with van der Waals surface area (Å²) in [6, 6.07) is 6.11. The van der Waals surface area contributed by atoms with Crippen molar-refractivity contribution >= 4 is 17.3 Å². The molecule has 2 heteroatoms. The Labute approximate surface area is 90.5 Å². The molecule has 76 valence electrons. The minimum atomic E-state index is 0.295. The number of anilines is 1. The van der Waals surface area contributed by atoms with Crippen LogP contribution >= 0.6 is 11.6 Å². The molecule has 2 rings (SSSR count). The maximum absolute atomic E-state index is 6.01. The smallest absolute Gasteiger partial charge is 0.0410 e. The molecule has 0 aromatic heterocycles. The van der Waals surface area contributed by atoms with E-state index in [9.17, 15) is 0 Å². The van der Waals surface area contributed by atoms with Gasteiger partial charge in [-0.3, -0.25) is 0 Å². The van der Waals surface area contributed by atoms with E-state index < -0.39 is 0 Å². The quantitative estimate of drug-likeness (QED) is 0.684. The van der Waals surface area contributed by atoms with Gasteiger partial charge in [-0.15, -0.1) is 0 Å². The third kappa shape index (κ3) is 1.61. The van der Waals surface area contributed by atoms with E-state index in [1.54, 1.807) is 0 Å². The molecule has 0 spiro atoms. The highest BCUT2D eigenvalue weighted by atomic mass is 35.5. The van der Waals surface area contributed by atoms with Crippen molar-refractivity contribution in [3.05, 3.63) is 28.8 Å². The Kier molecular flexibility index (Phi) is 2.23. The summed E-state index contributed by atoms with van der Waals surface area (Å²) in [5.41, 5.74) is 2.91. The molecule has 1 unspecified atom stereocenters. The van der Waals surface area contributed by atoms with Crippen molar-refractivity contribution in [2.24, 2.45) is 5.41 Å². The summed E-state index contributed by atoms with van der Waals surface area (Å²) in [6.45, 7) is 7.85. The van der Waals surface area contributed by atoms with E-state index in [0.717, 1.165) is 11.6 Å². The van der Waals surface area contributed by atoms with Gasteiger partial charge >= 0.3 is 0 Å². The molecule has 1 N–H and O–H groups in total. The maximum atomic E-state index is 6.01. The maximum Gasteiger partial charge on any atom is 0.0410 e. The van der Waals surface area contributed by atoms with Crippen LogP contribution in [0.15, 0.2) is 18.2 Å². The van der Waals surface area contributed by atoms with Gasteiger partial charge in [-0.1, -0.05) is 32.4 Å². The average Bonchev–Trinajstić information content (AvgIpc) is 2.45. The van der Waals surface area contributed by atoms with Crippen LogP contribution in [0.4, 0.5) is 5.69 Å². The Morgan fingerprint density at radius 3 is 2.71 bits per heavy atom. The number of nitrogens with one attached hydrogen (secondary N) is 1. The van der Waals surface area contributed by atoms with Gasteiger partial charge < -0.3 is 5.32 Å². The van der Waals surface area contributed by atoms with E-state index in [4.69, 9.17) is 11.6 Å². The lowest BCUT2D eigenvalue weighted by atomic mass is 9.78. The van der Waals surface area contributed by atoms with E-state index in [1.165, 1.54) is 11.3 Å². The first-order valence-electron chi connectivity index (χ1n) is 5.02. The predicted molar refractivity (Wildman–Crippen MR) is 62.1 cm³/mol. The number of fused-ring (bicyclic) bond motifs is 1. The highest BCUT2D eigenvalue weighted by molar-refractivity contribution is 6.30. The fourth-order valence-corrected chi connectivity index (χ4v) is 2.26. The lowest BCUT2D eigenvalue weighted by Crippen LogP contribution is -2.19. The van der Waals surface area contributed by atoms with Gasteiger partial charge in [-0.2, -0.15) is 0 Å². The van der Waals surface area contributed by atoms with Gasteiger partial charge in [-0.05, 0) is 29.2 Å². The fraction of sp³-hybridized carbons (Fsp3) is 0.500. The third-order valence-electron chi connectivity index (χ3n) is 2.93. The van der Waals surface area contributed by atoms with Crippen LogP contribution in [-0.4, -0.2) is 6.54 Å². The average molecular weight is 210 g/mol. The summed E-state index contributed by atoms with van der Waals surface area (Å²) >= 11 is 6.01. The summed E-state index contributed by atoms with van der Waals surface area (Å²) < 4.78 is 0. The molecule has 0 fully saturated rings. The van der Waals surface area contributed by atoms with Crippen molar-refractivity contribution in [3.8, 4) is 0 Å². The zero-order valence-corrected chi connectivity index (χ0v) is 9.65. The van der Waals surface area contributed by atoms with E-state index in [1.807, 2.05) is 6.07 Å². The third-order valence-corrected chi connectivity index (χ3v) is 3.17. The molecule has 0 saturated heterocycles. The van der Waals surface area contributed by atoms with E-state index >= 15 is 0 Å². The molecule has 1 heterocycles. The molecule has 1 aliphatic rings. The lowest BCUT2D eigenvalue weighted by Gasteiger charge is -2.26. The van der Waals surface area contributed by atoms with Crippen LogP contribution in [0, 0.1) is 5.41 Å². The first-order chi connectivity index (χ1) is 6.48. The van der Waals surface area contributed by atoms with Crippen molar-refractivity contribution < 1.29 is 0 Å². The highest BCUT2D eigenvalue weighted by Crippen LogP contribution is 2.43. The van der Waals surface area contributed by atoms with Crippen LogP contribution in [0.2, 0.25) is 5.02 Å². The summed E-state index contributed by atoms with van der Waals surface area (Å²) in [4.78, 5) is 0. The van der Waals surface area contributed by atoms with Crippen molar-refractivity contribution in [1.82, 2.24) is 0 Å². The largest absolute Gasteiger partial charge is 0.384 e.